The van der Waals surface area contributed by atoms with E-state index in [-0.39, 0.29) is 5.78 Å². The van der Waals surface area contributed by atoms with E-state index in [2.05, 4.69) is 21.3 Å². The van der Waals surface area contributed by atoms with Gasteiger partial charge in [-0.25, -0.2) is 0 Å². The predicted octanol–water partition coefficient (Wildman–Crippen LogP) is 3.30. The number of nitrogens with zero attached hydrogens (tertiary/aromatic N) is 2. The average Bonchev–Trinajstić information content (AvgIpc) is 2.94. The van der Waals surface area contributed by atoms with E-state index in [9.17, 15) is 4.79 Å². The molecule has 4 heteroatoms. The molecule has 2 aromatic heterocycles. The van der Waals surface area contributed by atoms with Crippen LogP contribution in [-0.4, -0.2) is 17.3 Å². The Hall–Kier alpha value is -1.68. The van der Waals surface area contributed by atoms with Crippen LogP contribution in [0.25, 0.3) is 0 Å². The van der Waals surface area contributed by atoms with Gasteiger partial charge >= 0.3 is 0 Å². The standard InChI is InChI=1S/C15H16N2OS/c1-2-14(18)13-4-3-12(9-16-13)17-7-5-15-11(10-17)6-8-19-15/h3-4,6,8-9H,2,5,7,10H2,1H3. The van der Waals surface area contributed by atoms with Crippen LogP contribution < -0.4 is 4.90 Å². The largest absolute Gasteiger partial charge is 0.366 e. The third-order valence-electron chi connectivity index (χ3n) is 3.53. The summed E-state index contributed by atoms with van der Waals surface area (Å²) in [6.45, 7) is 3.83. The van der Waals surface area contributed by atoms with Crippen LogP contribution in [-0.2, 0) is 13.0 Å². The summed E-state index contributed by atoms with van der Waals surface area (Å²) >= 11 is 1.84. The van der Waals surface area contributed by atoms with Gasteiger partial charge in [0.2, 0.25) is 0 Å². The van der Waals surface area contributed by atoms with Gasteiger partial charge in [-0.2, -0.15) is 0 Å². The fourth-order valence-electron chi connectivity index (χ4n) is 2.39. The number of aromatic nitrogens is 1. The molecule has 0 atom stereocenters. The normalized spacial score (nSPS) is 14.3. The van der Waals surface area contributed by atoms with Gasteiger partial charge in [-0.05, 0) is 35.6 Å². The number of Topliss-reactive ketones (excluding diaryl/α,β-unsaturated/α-hetero) is 1. The predicted molar refractivity (Wildman–Crippen MR) is 77.9 cm³/mol. The number of fused-ring (bicyclic) bond motifs is 1. The number of thiophene rings is 1. The molecule has 3 nitrogen and oxygen atoms in total. The zero-order chi connectivity index (χ0) is 13.2. The van der Waals surface area contributed by atoms with Crippen LogP contribution in [0.5, 0.6) is 0 Å². The first kappa shape index (κ1) is 12.4. The summed E-state index contributed by atoms with van der Waals surface area (Å²) in [6, 6.07) is 6.05. The molecule has 2 aromatic rings. The number of carbonyl (C=O) groups is 1. The minimum absolute atomic E-state index is 0.102. The molecule has 0 spiro atoms. The van der Waals surface area contributed by atoms with Gasteiger partial charge in [0.1, 0.15) is 5.69 Å². The SMILES string of the molecule is CCC(=O)c1ccc(N2CCc3sccc3C2)cn1. The second-order valence-electron chi connectivity index (χ2n) is 4.72. The number of pyridine rings is 1. The molecule has 0 amide bonds. The van der Waals surface area contributed by atoms with E-state index < -0.39 is 0 Å². The smallest absolute Gasteiger partial charge is 0.180 e. The maximum Gasteiger partial charge on any atom is 0.180 e. The first-order valence-electron chi connectivity index (χ1n) is 6.57. The van der Waals surface area contributed by atoms with Crippen molar-refractivity contribution in [1.29, 1.82) is 0 Å². The Morgan fingerprint density at radius 3 is 3.05 bits per heavy atom. The van der Waals surface area contributed by atoms with E-state index >= 15 is 0 Å². The lowest BCUT2D eigenvalue weighted by atomic mass is 10.1. The monoisotopic (exact) mass is 272 g/mol. The quantitative estimate of drug-likeness (QED) is 0.804. The maximum atomic E-state index is 11.6. The summed E-state index contributed by atoms with van der Waals surface area (Å²) in [4.78, 5) is 19.7. The lowest BCUT2D eigenvalue weighted by molar-refractivity contribution is 0.0983. The topological polar surface area (TPSA) is 33.2 Å². The molecular weight excluding hydrogens is 256 g/mol. The summed E-state index contributed by atoms with van der Waals surface area (Å²) in [7, 11) is 0. The van der Waals surface area contributed by atoms with Gasteiger partial charge in [0, 0.05) is 24.4 Å². The minimum atomic E-state index is 0.102. The van der Waals surface area contributed by atoms with Gasteiger partial charge in [-0.3, -0.25) is 9.78 Å². The third-order valence-corrected chi connectivity index (χ3v) is 4.55. The molecule has 1 aliphatic rings. The lowest BCUT2D eigenvalue weighted by Gasteiger charge is -2.28. The van der Waals surface area contributed by atoms with Crippen LogP contribution in [0.15, 0.2) is 29.8 Å². The van der Waals surface area contributed by atoms with E-state index in [1.807, 2.05) is 36.6 Å². The third kappa shape index (κ3) is 2.40. The average molecular weight is 272 g/mol. The molecule has 1 aliphatic heterocycles. The zero-order valence-corrected chi connectivity index (χ0v) is 11.7. The van der Waals surface area contributed by atoms with Gasteiger partial charge in [-0.1, -0.05) is 6.92 Å². The molecule has 0 fully saturated rings. The molecule has 0 N–H and O–H groups in total. The second kappa shape index (κ2) is 5.13. The molecular formula is C15H16N2OS. The maximum absolute atomic E-state index is 11.6. The lowest BCUT2D eigenvalue weighted by Crippen LogP contribution is -2.29. The molecule has 3 rings (SSSR count). The van der Waals surface area contributed by atoms with Crippen LogP contribution in [0.3, 0.4) is 0 Å². The molecule has 0 aliphatic carbocycles. The highest BCUT2D eigenvalue weighted by atomic mass is 32.1. The summed E-state index contributed by atoms with van der Waals surface area (Å²) < 4.78 is 0. The molecule has 0 bridgehead atoms. The highest BCUT2D eigenvalue weighted by molar-refractivity contribution is 7.10. The molecule has 3 heterocycles. The van der Waals surface area contributed by atoms with Crippen molar-refractivity contribution in [2.45, 2.75) is 26.3 Å². The van der Waals surface area contributed by atoms with Crippen LogP contribution in [0.4, 0.5) is 5.69 Å². The molecule has 0 aromatic carbocycles. The Bertz CT molecular complexity index is 588. The Morgan fingerprint density at radius 2 is 2.32 bits per heavy atom. The van der Waals surface area contributed by atoms with Gasteiger partial charge in [0.25, 0.3) is 0 Å². The van der Waals surface area contributed by atoms with Gasteiger partial charge in [-0.15, -0.1) is 11.3 Å². The minimum Gasteiger partial charge on any atom is -0.366 e. The highest BCUT2D eigenvalue weighted by Crippen LogP contribution is 2.27. The van der Waals surface area contributed by atoms with Crippen molar-refractivity contribution >= 4 is 22.8 Å². The molecule has 0 saturated carbocycles. The number of rotatable bonds is 3. The Morgan fingerprint density at radius 1 is 1.42 bits per heavy atom. The van der Waals surface area contributed by atoms with Gasteiger partial charge in [0.15, 0.2) is 5.78 Å². The number of carbonyl (C=O) groups excluding carboxylic acids is 1. The summed E-state index contributed by atoms with van der Waals surface area (Å²) in [5.41, 5.74) is 3.09. The van der Waals surface area contributed by atoms with E-state index in [0.717, 1.165) is 25.2 Å². The highest BCUT2D eigenvalue weighted by Gasteiger charge is 2.17. The van der Waals surface area contributed by atoms with Crippen molar-refractivity contribution in [2.75, 3.05) is 11.4 Å². The van der Waals surface area contributed by atoms with Crippen LogP contribution in [0.2, 0.25) is 0 Å². The first-order chi connectivity index (χ1) is 9.28. The number of hydrogen-bond acceptors (Lipinski definition) is 4. The van der Waals surface area contributed by atoms with E-state index in [0.29, 0.717) is 12.1 Å². The second-order valence-corrected chi connectivity index (χ2v) is 5.72. The molecule has 0 saturated heterocycles. The Balaban J connectivity index is 1.79. The summed E-state index contributed by atoms with van der Waals surface area (Å²) in [5, 5.41) is 2.16. The molecule has 0 unspecified atom stereocenters. The van der Waals surface area contributed by atoms with Crippen molar-refractivity contribution < 1.29 is 4.79 Å². The van der Waals surface area contributed by atoms with Crippen molar-refractivity contribution in [3.63, 3.8) is 0 Å². The molecule has 98 valence electrons. The van der Waals surface area contributed by atoms with Crippen molar-refractivity contribution in [3.8, 4) is 0 Å². The summed E-state index contributed by atoms with van der Waals surface area (Å²) in [5.74, 6) is 0.102. The van der Waals surface area contributed by atoms with E-state index in [1.165, 1.54) is 10.4 Å². The van der Waals surface area contributed by atoms with Crippen LogP contribution in [0.1, 0.15) is 34.3 Å². The Labute approximate surface area is 116 Å². The first-order valence-corrected chi connectivity index (χ1v) is 7.45. The molecule has 0 radical (unpaired) electrons. The van der Waals surface area contributed by atoms with E-state index in [1.54, 1.807) is 0 Å². The van der Waals surface area contributed by atoms with Gasteiger partial charge < -0.3 is 4.90 Å². The van der Waals surface area contributed by atoms with Crippen LogP contribution in [0, 0.1) is 0 Å². The molecule has 19 heavy (non-hydrogen) atoms. The van der Waals surface area contributed by atoms with E-state index in [4.69, 9.17) is 0 Å². The number of anilines is 1. The Kier molecular flexibility index (Phi) is 3.34. The number of hydrogen-bond donors (Lipinski definition) is 0. The summed E-state index contributed by atoms with van der Waals surface area (Å²) in [6.07, 6.45) is 3.43. The zero-order valence-electron chi connectivity index (χ0n) is 10.9. The number of ketones is 1. The van der Waals surface area contributed by atoms with Crippen molar-refractivity contribution in [2.24, 2.45) is 0 Å². The fourth-order valence-corrected chi connectivity index (χ4v) is 3.28. The fraction of sp³-hybridized carbons (Fsp3) is 0.333. The van der Waals surface area contributed by atoms with Crippen molar-refractivity contribution in [1.82, 2.24) is 4.98 Å². The van der Waals surface area contributed by atoms with Crippen LogP contribution >= 0.6 is 11.3 Å². The van der Waals surface area contributed by atoms with Crippen molar-refractivity contribution in [3.05, 3.63) is 45.9 Å². The van der Waals surface area contributed by atoms with Gasteiger partial charge in [0.05, 0.1) is 11.9 Å².